The number of aliphatic hydroxyl groups excluding tert-OH is 1. The van der Waals surface area contributed by atoms with E-state index in [9.17, 15) is 9.90 Å². The van der Waals surface area contributed by atoms with Gasteiger partial charge < -0.3 is 14.6 Å². The lowest BCUT2D eigenvalue weighted by atomic mass is 9.84. The van der Waals surface area contributed by atoms with Crippen LogP contribution in [0.5, 0.6) is 0 Å². The summed E-state index contributed by atoms with van der Waals surface area (Å²) in [6.07, 6.45) is 12.1. The molecule has 1 saturated heterocycles. The van der Waals surface area contributed by atoms with Gasteiger partial charge in [0.15, 0.2) is 0 Å². The lowest BCUT2D eigenvalue weighted by Gasteiger charge is -2.26. The molecular formula is C30H48ClNO4. The van der Waals surface area contributed by atoms with Crippen molar-refractivity contribution in [3.8, 4) is 0 Å². The van der Waals surface area contributed by atoms with E-state index in [-0.39, 0.29) is 17.5 Å². The van der Waals surface area contributed by atoms with E-state index in [1.54, 1.807) is 0 Å². The molecule has 6 heteroatoms. The molecule has 0 bridgehead atoms. The maximum absolute atomic E-state index is 12.0. The molecule has 3 rings (SSSR count). The SMILES string of the molecule is CCCCCC(O)c1ccc(C2CC[C@@H](Cl)C2CCCCCCC(=O)OCCN2CCOCC2)cc1. The lowest BCUT2D eigenvalue weighted by Crippen LogP contribution is -2.38. The van der Waals surface area contributed by atoms with Crippen molar-refractivity contribution in [2.24, 2.45) is 5.92 Å². The molecule has 1 N–H and O–H groups in total. The molecule has 1 aromatic carbocycles. The van der Waals surface area contributed by atoms with E-state index in [4.69, 9.17) is 21.1 Å². The second-order valence-corrected chi connectivity index (χ2v) is 11.2. The number of alkyl halides is 1. The Morgan fingerprint density at radius 3 is 2.58 bits per heavy atom. The number of rotatable bonds is 16. The monoisotopic (exact) mass is 521 g/mol. The van der Waals surface area contributed by atoms with Crippen molar-refractivity contribution in [2.45, 2.75) is 101 Å². The average molecular weight is 522 g/mol. The Kier molecular flexibility index (Phi) is 13.6. The van der Waals surface area contributed by atoms with Crippen LogP contribution in [0.4, 0.5) is 0 Å². The number of ether oxygens (including phenoxy) is 2. The van der Waals surface area contributed by atoms with Crippen LogP contribution in [0.2, 0.25) is 0 Å². The van der Waals surface area contributed by atoms with E-state index in [2.05, 4.69) is 36.1 Å². The van der Waals surface area contributed by atoms with Gasteiger partial charge in [-0.3, -0.25) is 9.69 Å². The van der Waals surface area contributed by atoms with Crippen molar-refractivity contribution < 1.29 is 19.4 Å². The first-order chi connectivity index (χ1) is 17.6. The van der Waals surface area contributed by atoms with Crippen LogP contribution in [-0.4, -0.2) is 60.8 Å². The fraction of sp³-hybridized carbons (Fsp3) is 0.767. The van der Waals surface area contributed by atoms with Crippen LogP contribution in [0, 0.1) is 5.92 Å². The largest absolute Gasteiger partial charge is 0.464 e. The number of hydrogen-bond acceptors (Lipinski definition) is 5. The Morgan fingerprint density at radius 2 is 1.83 bits per heavy atom. The molecule has 36 heavy (non-hydrogen) atoms. The Hall–Kier alpha value is -1.14. The predicted octanol–water partition coefficient (Wildman–Crippen LogP) is 6.62. The number of nitrogens with zero attached hydrogens (tertiary/aromatic N) is 1. The maximum Gasteiger partial charge on any atom is 0.305 e. The number of hydrogen-bond donors (Lipinski definition) is 1. The fourth-order valence-electron chi connectivity index (χ4n) is 5.72. The molecule has 1 aromatic rings. The lowest BCUT2D eigenvalue weighted by molar-refractivity contribution is -0.144. The van der Waals surface area contributed by atoms with Crippen molar-refractivity contribution in [3.63, 3.8) is 0 Å². The summed E-state index contributed by atoms with van der Waals surface area (Å²) < 4.78 is 10.7. The summed E-state index contributed by atoms with van der Waals surface area (Å²) in [6.45, 7) is 6.88. The topological polar surface area (TPSA) is 59.0 Å². The van der Waals surface area contributed by atoms with Crippen molar-refractivity contribution >= 4 is 17.6 Å². The number of benzene rings is 1. The van der Waals surface area contributed by atoms with Crippen molar-refractivity contribution in [2.75, 3.05) is 39.5 Å². The summed E-state index contributed by atoms with van der Waals surface area (Å²) >= 11 is 6.75. The summed E-state index contributed by atoms with van der Waals surface area (Å²) in [6, 6.07) is 8.67. The highest BCUT2D eigenvalue weighted by Crippen LogP contribution is 2.45. The molecule has 1 saturated carbocycles. The molecule has 2 fully saturated rings. The van der Waals surface area contributed by atoms with Crippen LogP contribution in [0.1, 0.15) is 107 Å². The average Bonchev–Trinajstić information content (AvgIpc) is 3.27. The van der Waals surface area contributed by atoms with E-state index >= 15 is 0 Å². The standard InChI is InChI=1S/C30H48ClNO4/c1-2-3-6-10-29(33)25-14-12-24(13-15-25)26-16-17-28(31)27(26)9-7-4-5-8-11-30(34)36-23-20-32-18-21-35-22-19-32/h12-15,26-29,33H,2-11,16-23H2,1H3/t26?,27?,28-,29?/m1/s1. The molecule has 1 aliphatic heterocycles. The van der Waals surface area contributed by atoms with Gasteiger partial charge in [-0.2, -0.15) is 0 Å². The zero-order valence-electron chi connectivity index (χ0n) is 22.3. The van der Waals surface area contributed by atoms with Gasteiger partial charge in [0, 0.05) is 31.4 Å². The molecule has 5 nitrogen and oxygen atoms in total. The van der Waals surface area contributed by atoms with E-state index in [0.717, 1.165) is 96.2 Å². The number of carbonyl (C=O) groups is 1. The van der Waals surface area contributed by atoms with Crippen LogP contribution in [0.3, 0.4) is 0 Å². The van der Waals surface area contributed by atoms with Crippen molar-refractivity contribution in [3.05, 3.63) is 35.4 Å². The van der Waals surface area contributed by atoms with Gasteiger partial charge >= 0.3 is 5.97 Å². The maximum atomic E-state index is 12.0. The third-order valence-electron chi connectivity index (χ3n) is 8.01. The Morgan fingerprint density at radius 1 is 1.08 bits per heavy atom. The van der Waals surface area contributed by atoms with Gasteiger partial charge in [-0.1, -0.05) is 69.7 Å². The van der Waals surface area contributed by atoms with Gasteiger partial charge in [0.05, 0.1) is 19.3 Å². The third-order valence-corrected chi connectivity index (χ3v) is 8.55. The second kappa shape index (κ2) is 16.7. The van der Waals surface area contributed by atoms with Gasteiger partial charge in [-0.25, -0.2) is 0 Å². The molecule has 1 heterocycles. The normalized spacial score (nSPS) is 23.6. The molecule has 3 unspecified atom stereocenters. The zero-order chi connectivity index (χ0) is 25.6. The van der Waals surface area contributed by atoms with Gasteiger partial charge in [0.2, 0.25) is 0 Å². The number of unbranched alkanes of at least 4 members (excludes halogenated alkanes) is 5. The highest BCUT2D eigenvalue weighted by atomic mass is 35.5. The zero-order valence-corrected chi connectivity index (χ0v) is 23.1. The Bertz CT molecular complexity index is 737. The van der Waals surface area contributed by atoms with Crippen LogP contribution in [-0.2, 0) is 14.3 Å². The van der Waals surface area contributed by atoms with Crippen LogP contribution >= 0.6 is 11.6 Å². The van der Waals surface area contributed by atoms with Crippen LogP contribution in [0.25, 0.3) is 0 Å². The van der Waals surface area contributed by atoms with Gasteiger partial charge in [0.25, 0.3) is 0 Å². The minimum Gasteiger partial charge on any atom is -0.464 e. The number of aliphatic hydroxyl groups is 1. The first-order valence-corrected chi connectivity index (χ1v) is 14.9. The van der Waals surface area contributed by atoms with E-state index in [1.807, 2.05) is 0 Å². The molecule has 0 aromatic heterocycles. The Labute approximate surface area is 223 Å². The summed E-state index contributed by atoms with van der Waals surface area (Å²) in [5.41, 5.74) is 2.40. The summed E-state index contributed by atoms with van der Waals surface area (Å²) in [5.74, 6) is 0.955. The number of carbonyl (C=O) groups excluding carboxylic acids is 1. The quantitative estimate of drug-likeness (QED) is 0.150. The molecule has 204 valence electrons. The Balaban J connectivity index is 1.30. The molecule has 0 spiro atoms. The van der Waals surface area contributed by atoms with Gasteiger partial charge in [-0.05, 0) is 55.1 Å². The summed E-state index contributed by atoms with van der Waals surface area (Å²) in [4.78, 5) is 14.3. The number of morpholine rings is 1. The smallest absolute Gasteiger partial charge is 0.305 e. The van der Waals surface area contributed by atoms with Gasteiger partial charge in [-0.15, -0.1) is 11.6 Å². The summed E-state index contributed by atoms with van der Waals surface area (Å²) in [5, 5.41) is 10.7. The number of halogens is 1. The minimum atomic E-state index is -0.354. The van der Waals surface area contributed by atoms with Crippen LogP contribution in [0.15, 0.2) is 24.3 Å². The third kappa shape index (κ3) is 9.96. The minimum absolute atomic E-state index is 0.0705. The fourth-order valence-corrected chi connectivity index (χ4v) is 6.15. The van der Waals surface area contributed by atoms with Crippen molar-refractivity contribution in [1.82, 2.24) is 4.90 Å². The predicted molar refractivity (Wildman–Crippen MR) is 147 cm³/mol. The molecular weight excluding hydrogens is 474 g/mol. The first-order valence-electron chi connectivity index (χ1n) is 14.5. The molecule has 2 aliphatic rings. The van der Waals surface area contributed by atoms with Gasteiger partial charge in [0.1, 0.15) is 6.61 Å². The highest BCUT2D eigenvalue weighted by Gasteiger charge is 2.35. The van der Waals surface area contributed by atoms with E-state index in [1.165, 1.54) is 18.4 Å². The molecule has 1 aliphatic carbocycles. The van der Waals surface area contributed by atoms with E-state index in [0.29, 0.717) is 24.9 Å². The van der Waals surface area contributed by atoms with Crippen LogP contribution < -0.4 is 0 Å². The summed E-state index contributed by atoms with van der Waals surface area (Å²) in [7, 11) is 0. The molecule has 0 amide bonds. The van der Waals surface area contributed by atoms with E-state index < -0.39 is 0 Å². The van der Waals surface area contributed by atoms with Crippen molar-refractivity contribution in [1.29, 1.82) is 0 Å². The first kappa shape index (κ1) is 29.4. The highest BCUT2D eigenvalue weighted by molar-refractivity contribution is 6.21. The number of esters is 1. The molecule has 0 radical (unpaired) electrons. The second-order valence-electron chi connectivity index (χ2n) is 10.7. The molecule has 4 atom stereocenters.